The molecule has 0 radical (unpaired) electrons. The molecule has 0 aliphatic carbocycles. The monoisotopic (exact) mass is 204 g/mol. The number of hydrogen-bond donors (Lipinski definition) is 2. The Hall–Kier alpha value is -1.35. The number of nitrogens with one attached hydrogen (secondary N) is 2. The lowest BCUT2D eigenvalue weighted by atomic mass is 10.0. The van der Waals surface area contributed by atoms with Gasteiger partial charge in [-0.1, -0.05) is 0 Å². The van der Waals surface area contributed by atoms with Crippen LogP contribution in [-0.4, -0.2) is 11.0 Å². The van der Waals surface area contributed by atoms with Crippen molar-refractivity contribution in [2.24, 2.45) is 0 Å². The van der Waals surface area contributed by atoms with Crippen LogP contribution in [0, 0.1) is 5.82 Å². The SMILES string of the molecule is CC1Cc2[nH]c3cc(F)ccc3c2CN1. The summed E-state index contributed by atoms with van der Waals surface area (Å²) in [6.07, 6.45) is 0.992. The van der Waals surface area contributed by atoms with Gasteiger partial charge in [-0.25, -0.2) is 4.39 Å². The molecule has 1 aromatic carbocycles. The molecule has 2 heterocycles. The molecule has 3 heteroatoms. The van der Waals surface area contributed by atoms with E-state index in [-0.39, 0.29) is 5.82 Å². The zero-order valence-corrected chi connectivity index (χ0v) is 8.60. The lowest BCUT2D eigenvalue weighted by Gasteiger charge is -2.20. The Labute approximate surface area is 87.5 Å². The first-order valence-electron chi connectivity index (χ1n) is 5.26. The molecule has 0 fully saturated rings. The highest BCUT2D eigenvalue weighted by molar-refractivity contribution is 5.84. The summed E-state index contributed by atoms with van der Waals surface area (Å²) in [6.45, 7) is 3.04. The van der Waals surface area contributed by atoms with Crippen molar-refractivity contribution < 1.29 is 4.39 Å². The molecule has 0 bridgehead atoms. The molecule has 0 amide bonds. The Morgan fingerprint density at radius 3 is 3.13 bits per heavy atom. The second-order valence-electron chi connectivity index (χ2n) is 4.26. The first-order valence-corrected chi connectivity index (χ1v) is 5.26. The number of benzene rings is 1. The van der Waals surface area contributed by atoms with Crippen LogP contribution >= 0.6 is 0 Å². The summed E-state index contributed by atoms with van der Waals surface area (Å²) in [5, 5.41) is 4.56. The molecule has 1 unspecified atom stereocenters. The highest BCUT2D eigenvalue weighted by Crippen LogP contribution is 2.26. The third-order valence-corrected chi connectivity index (χ3v) is 3.09. The van der Waals surface area contributed by atoms with Crippen LogP contribution in [0.25, 0.3) is 10.9 Å². The van der Waals surface area contributed by atoms with Gasteiger partial charge in [-0.15, -0.1) is 0 Å². The molecule has 2 nitrogen and oxygen atoms in total. The summed E-state index contributed by atoms with van der Waals surface area (Å²) in [5.74, 6) is -0.179. The van der Waals surface area contributed by atoms with Gasteiger partial charge >= 0.3 is 0 Å². The minimum Gasteiger partial charge on any atom is -0.358 e. The van der Waals surface area contributed by atoms with Crippen LogP contribution in [0.5, 0.6) is 0 Å². The minimum absolute atomic E-state index is 0.179. The Morgan fingerprint density at radius 1 is 1.40 bits per heavy atom. The standard InChI is InChI=1S/C12H13FN2/c1-7-4-11-10(6-14-7)9-3-2-8(13)5-12(9)15-11/h2-3,5,7,14-15H,4,6H2,1H3. The summed E-state index contributed by atoms with van der Waals surface area (Å²) in [7, 11) is 0. The van der Waals surface area contributed by atoms with E-state index in [2.05, 4.69) is 17.2 Å². The average Bonchev–Trinajstić information content (AvgIpc) is 2.53. The normalized spacial score (nSPS) is 20.5. The zero-order valence-electron chi connectivity index (χ0n) is 8.60. The average molecular weight is 204 g/mol. The fourth-order valence-electron chi connectivity index (χ4n) is 2.31. The smallest absolute Gasteiger partial charge is 0.125 e. The van der Waals surface area contributed by atoms with E-state index in [4.69, 9.17) is 0 Å². The number of aromatic nitrogens is 1. The van der Waals surface area contributed by atoms with Crippen molar-refractivity contribution in [3.05, 3.63) is 35.3 Å². The van der Waals surface area contributed by atoms with E-state index in [0.717, 1.165) is 23.9 Å². The van der Waals surface area contributed by atoms with Crippen molar-refractivity contribution in [2.45, 2.75) is 25.9 Å². The van der Waals surface area contributed by atoms with Crippen LogP contribution < -0.4 is 5.32 Å². The fraction of sp³-hybridized carbons (Fsp3) is 0.333. The Morgan fingerprint density at radius 2 is 2.27 bits per heavy atom. The molecule has 0 spiro atoms. The van der Waals surface area contributed by atoms with Gasteiger partial charge in [0.15, 0.2) is 0 Å². The minimum atomic E-state index is -0.179. The summed E-state index contributed by atoms with van der Waals surface area (Å²) in [6, 6.07) is 5.44. The van der Waals surface area contributed by atoms with Crippen LogP contribution in [0.3, 0.4) is 0 Å². The maximum absolute atomic E-state index is 13.0. The molecule has 15 heavy (non-hydrogen) atoms. The van der Waals surface area contributed by atoms with Gasteiger partial charge in [-0.2, -0.15) is 0 Å². The number of fused-ring (bicyclic) bond motifs is 3. The van der Waals surface area contributed by atoms with Gasteiger partial charge in [0.2, 0.25) is 0 Å². The maximum Gasteiger partial charge on any atom is 0.125 e. The van der Waals surface area contributed by atoms with E-state index in [1.807, 2.05) is 6.07 Å². The third kappa shape index (κ3) is 1.35. The van der Waals surface area contributed by atoms with Crippen molar-refractivity contribution in [1.82, 2.24) is 10.3 Å². The molecule has 2 aromatic rings. The number of rotatable bonds is 0. The van der Waals surface area contributed by atoms with Crippen molar-refractivity contribution in [3.8, 4) is 0 Å². The molecule has 1 atom stereocenters. The zero-order chi connectivity index (χ0) is 10.4. The highest BCUT2D eigenvalue weighted by atomic mass is 19.1. The summed E-state index contributed by atoms with van der Waals surface area (Å²) < 4.78 is 13.0. The second kappa shape index (κ2) is 3.07. The lowest BCUT2D eigenvalue weighted by Crippen LogP contribution is -2.32. The van der Waals surface area contributed by atoms with E-state index in [9.17, 15) is 4.39 Å². The summed E-state index contributed by atoms with van der Waals surface area (Å²) >= 11 is 0. The maximum atomic E-state index is 13.0. The van der Waals surface area contributed by atoms with E-state index in [1.165, 1.54) is 17.3 Å². The lowest BCUT2D eigenvalue weighted by molar-refractivity contribution is 0.511. The molecule has 2 N–H and O–H groups in total. The Balaban J connectivity index is 2.23. The van der Waals surface area contributed by atoms with Crippen LogP contribution in [0.1, 0.15) is 18.2 Å². The van der Waals surface area contributed by atoms with E-state index >= 15 is 0 Å². The quantitative estimate of drug-likeness (QED) is 0.677. The van der Waals surface area contributed by atoms with Gasteiger partial charge in [-0.05, 0) is 30.7 Å². The van der Waals surface area contributed by atoms with Gasteiger partial charge in [-0.3, -0.25) is 0 Å². The van der Waals surface area contributed by atoms with Crippen LogP contribution in [0.15, 0.2) is 18.2 Å². The van der Waals surface area contributed by atoms with E-state index in [0.29, 0.717) is 6.04 Å². The number of H-pyrrole nitrogens is 1. The molecular formula is C12H13FN2. The number of halogens is 1. The van der Waals surface area contributed by atoms with Crippen molar-refractivity contribution >= 4 is 10.9 Å². The largest absolute Gasteiger partial charge is 0.358 e. The third-order valence-electron chi connectivity index (χ3n) is 3.09. The van der Waals surface area contributed by atoms with Crippen molar-refractivity contribution in [3.63, 3.8) is 0 Å². The van der Waals surface area contributed by atoms with Gasteiger partial charge in [0.1, 0.15) is 5.82 Å². The second-order valence-corrected chi connectivity index (χ2v) is 4.26. The number of hydrogen-bond acceptors (Lipinski definition) is 1. The van der Waals surface area contributed by atoms with Gasteiger partial charge in [0, 0.05) is 35.6 Å². The molecule has 1 aliphatic rings. The fourth-order valence-corrected chi connectivity index (χ4v) is 2.31. The first kappa shape index (κ1) is 8.92. The molecule has 0 saturated carbocycles. The Kier molecular flexibility index (Phi) is 1.83. The highest BCUT2D eigenvalue weighted by Gasteiger charge is 2.18. The van der Waals surface area contributed by atoms with Gasteiger partial charge in [0.05, 0.1) is 0 Å². The van der Waals surface area contributed by atoms with Crippen LogP contribution in [-0.2, 0) is 13.0 Å². The molecule has 78 valence electrons. The van der Waals surface area contributed by atoms with Gasteiger partial charge in [0.25, 0.3) is 0 Å². The predicted octanol–water partition coefficient (Wildman–Crippen LogP) is 2.34. The van der Waals surface area contributed by atoms with Crippen molar-refractivity contribution in [1.29, 1.82) is 0 Å². The van der Waals surface area contributed by atoms with E-state index in [1.54, 1.807) is 6.07 Å². The predicted molar refractivity (Wildman–Crippen MR) is 58.3 cm³/mol. The molecule has 0 saturated heterocycles. The molecule has 1 aromatic heterocycles. The summed E-state index contributed by atoms with van der Waals surface area (Å²) in [4.78, 5) is 3.31. The molecule has 1 aliphatic heterocycles. The Bertz CT molecular complexity index is 516. The van der Waals surface area contributed by atoms with Crippen LogP contribution in [0.4, 0.5) is 4.39 Å². The first-order chi connectivity index (χ1) is 7.24. The topological polar surface area (TPSA) is 27.8 Å². The summed E-state index contributed by atoms with van der Waals surface area (Å²) in [5.41, 5.74) is 3.46. The van der Waals surface area contributed by atoms with Gasteiger partial charge < -0.3 is 10.3 Å². The number of aromatic amines is 1. The molecular weight excluding hydrogens is 191 g/mol. The van der Waals surface area contributed by atoms with Crippen molar-refractivity contribution in [2.75, 3.05) is 0 Å². The van der Waals surface area contributed by atoms with Crippen LogP contribution in [0.2, 0.25) is 0 Å². The van der Waals surface area contributed by atoms with E-state index < -0.39 is 0 Å². The molecule has 3 rings (SSSR count).